The lowest BCUT2D eigenvalue weighted by molar-refractivity contribution is -0.119. The van der Waals surface area contributed by atoms with E-state index in [9.17, 15) is 4.79 Å². The highest BCUT2D eigenvalue weighted by Gasteiger charge is 2.11. The molecule has 31 heavy (non-hydrogen) atoms. The molecule has 9 heteroatoms. The Morgan fingerprint density at radius 3 is 2.68 bits per heavy atom. The summed E-state index contributed by atoms with van der Waals surface area (Å²) in [5.74, 6) is 2.42. The number of nitrogens with one attached hydrogen (secondary N) is 3. The number of guanidine groups is 1. The number of amides is 1. The van der Waals surface area contributed by atoms with Crippen LogP contribution in [0.1, 0.15) is 40.0 Å². The van der Waals surface area contributed by atoms with Crippen molar-refractivity contribution in [3.8, 4) is 11.5 Å². The molecule has 1 aliphatic heterocycles. The van der Waals surface area contributed by atoms with Crippen LogP contribution in [0.4, 0.5) is 5.69 Å². The van der Waals surface area contributed by atoms with E-state index in [1.807, 2.05) is 25.1 Å². The van der Waals surface area contributed by atoms with Crippen LogP contribution in [0, 0.1) is 5.92 Å². The van der Waals surface area contributed by atoms with E-state index in [0.29, 0.717) is 50.5 Å². The first kappa shape index (κ1) is 27.3. The Bertz CT molecular complexity index is 685. The highest BCUT2D eigenvalue weighted by atomic mass is 127. The molecule has 8 nitrogen and oxygen atoms in total. The van der Waals surface area contributed by atoms with E-state index in [1.165, 1.54) is 0 Å². The predicted molar refractivity (Wildman–Crippen MR) is 135 cm³/mol. The molecule has 3 N–H and O–H groups in total. The number of carbonyl (C=O) groups is 1. The molecule has 0 aliphatic carbocycles. The zero-order chi connectivity index (χ0) is 21.6. The lowest BCUT2D eigenvalue weighted by Crippen LogP contribution is -2.34. The molecule has 0 aromatic heterocycles. The molecule has 1 heterocycles. The third kappa shape index (κ3) is 11.4. The predicted octanol–water partition coefficient (Wildman–Crippen LogP) is 3.41. The van der Waals surface area contributed by atoms with Crippen molar-refractivity contribution in [3.05, 3.63) is 18.2 Å². The molecule has 1 aromatic rings. The lowest BCUT2D eigenvalue weighted by Gasteiger charge is -2.15. The number of halogens is 1. The first-order valence-electron chi connectivity index (χ1n) is 10.9. The van der Waals surface area contributed by atoms with Crippen LogP contribution in [-0.4, -0.2) is 57.9 Å². The van der Waals surface area contributed by atoms with Gasteiger partial charge >= 0.3 is 0 Å². The van der Waals surface area contributed by atoms with Crippen molar-refractivity contribution in [1.29, 1.82) is 0 Å². The van der Waals surface area contributed by atoms with Gasteiger partial charge in [0.15, 0.2) is 17.5 Å². The van der Waals surface area contributed by atoms with Crippen molar-refractivity contribution in [2.24, 2.45) is 10.9 Å². The van der Waals surface area contributed by atoms with Crippen LogP contribution < -0.4 is 25.4 Å². The average Bonchev–Trinajstić information content (AvgIpc) is 2.97. The van der Waals surface area contributed by atoms with Crippen LogP contribution in [0.5, 0.6) is 11.5 Å². The normalized spacial score (nSPS) is 13.2. The molecule has 0 radical (unpaired) electrons. The smallest absolute Gasteiger partial charge is 0.241 e. The number of hydrogen-bond donors (Lipinski definition) is 3. The number of ether oxygens (including phenoxy) is 3. The molecule has 0 fully saturated rings. The second-order valence-corrected chi connectivity index (χ2v) is 7.60. The summed E-state index contributed by atoms with van der Waals surface area (Å²) in [5, 5.41) is 9.36. The first-order valence-corrected chi connectivity index (χ1v) is 10.9. The number of nitrogens with zero attached hydrogens (tertiary/aromatic N) is 1. The Morgan fingerprint density at radius 2 is 1.94 bits per heavy atom. The standard InChI is InChI=1S/C22H36N4O4.HI/c1-4-9-23-21(27)15-25-22(24-10-5-11-28-16-17(2)3)26-18-7-8-19-20(14-18)30-13-6-12-29-19;/h7-8,14,17H,4-6,9-13,15-16H2,1-3H3,(H,23,27)(H2,24,25,26);1H. The third-order valence-electron chi connectivity index (χ3n) is 4.17. The van der Waals surface area contributed by atoms with Gasteiger partial charge in [0.05, 0.1) is 13.2 Å². The molecular weight excluding hydrogens is 511 g/mol. The molecule has 2 rings (SSSR count). The Morgan fingerprint density at radius 1 is 1.16 bits per heavy atom. The Labute approximate surface area is 202 Å². The van der Waals surface area contributed by atoms with Crippen LogP contribution in [0.15, 0.2) is 23.2 Å². The zero-order valence-electron chi connectivity index (χ0n) is 18.9. The van der Waals surface area contributed by atoms with Crippen molar-refractivity contribution in [2.75, 3.05) is 51.4 Å². The summed E-state index contributed by atoms with van der Waals surface area (Å²) < 4.78 is 17.0. The maximum atomic E-state index is 11.9. The van der Waals surface area contributed by atoms with Gasteiger partial charge in [0, 0.05) is 44.5 Å². The van der Waals surface area contributed by atoms with Crippen molar-refractivity contribution in [3.63, 3.8) is 0 Å². The average molecular weight is 548 g/mol. The SMILES string of the molecule is CCCNC(=O)CN=C(NCCCOCC(C)C)Nc1ccc2c(c1)OCCCO2.I. The van der Waals surface area contributed by atoms with Gasteiger partial charge in [-0.25, -0.2) is 4.99 Å². The highest BCUT2D eigenvalue weighted by Crippen LogP contribution is 2.32. The molecule has 1 amide bonds. The van der Waals surface area contributed by atoms with Gasteiger partial charge in [-0.3, -0.25) is 4.79 Å². The fourth-order valence-corrected chi connectivity index (χ4v) is 2.69. The molecule has 0 spiro atoms. The lowest BCUT2D eigenvalue weighted by atomic mass is 10.2. The number of aliphatic imine (C=N–C) groups is 1. The Balaban J connectivity index is 0.00000480. The Hall–Kier alpha value is -1.75. The van der Waals surface area contributed by atoms with Crippen molar-refractivity contribution in [2.45, 2.75) is 40.0 Å². The van der Waals surface area contributed by atoms with E-state index >= 15 is 0 Å². The minimum absolute atomic E-state index is 0. The van der Waals surface area contributed by atoms with E-state index in [-0.39, 0.29) is 36.4 Å². The quantitative estimate of drug-likeness (QED) is 0.170. The summed E-state index contributed by atoms with van der Waals surface area (Å²) in [6, 6.07) is 5.68. The molecule has 1 aromatic carbocycles. The summed E-state index contributed by atoms with van der Waals surface area (Å²) in [6.45, 7) is 10.4. The summed E-state index contributed by atoms with van der Waals surface area (Å²) in [7, 11) is 0. The molecule has 0 saturated heterocycles. The second kappa shape index (κ2) is 16.0. The second-order valence-electron chi connectivity index (χ2n) is 7.60. The zero-order valence-corrected chi connectivity index (χ0v) is 21.2. The number of hydrogen-bond acceptors (Lipinski definition) is 5. The van der Waals surface area contributed by atoms with Crippen molar-refractivity contribution < 1.29 is 19.0 Å². The molecule has 0 bridgehead atoms. The number of anilines is 1. The molecule has 1 aliphatic rings. The van der Waals surface area contributed by atoms with Crippen LogP contribution in [0.2, 0.25) is 0 Å². The van der Waals surface area contributed by atoms with E-state index in [0.717, 1.165) is 37.3 Å². The molecule has 176 valence electrons. The van der Waals surface area contributed by atoms with Gasteiger partial charge in [0.25, 0.3) is 0 Å². The van der Waals surface area contributed by atoms with E-state index in [1.54, 1.807) is 0 Å². The first-order chi connectivity index (χ1) is 14.6. The van der Waals surface area contributed by atoms with Crippen LogP contribution in [0.3, 0.4) is 0 Å². The maximum absolute atomic E-state index is 11.9. The molecule has 0 unspecified atom stereocenters. The third-order valence-corrected chi connectivity index (χ3v) is 4.17. The highest BCUT2D eigenvalue weighted by molar-refractivity contribution is 14.0. The molecular formula is C22H37IN4O4. The largest absolute Gasteiger partial charge is 0.490 e. The van der Waals surface area contributed by atoms with Gasteiger partial charge in [0.2, 0.25) is 5.91 Å². The topological polar surface area (TPSA) is 93.2 Å². The number of carbonyl (C=O) groups excluding carboxylic acids is 1. The van der Waals surface area contributed by atoms with Crippen LogP contribution >= 0.6 is 24.0 Å². The Kier molecular flexibility index (Phi) is 14.1. The van der Waals surface area contributed by atoms with E-state index in [2.05, 4.69) is 34.8 Å². The van der Waals surface area contributed by atoms with Gasteiger partial charge in [-0.2, -0.15) is 0 Å². The summed E-state index contributed by atoms with van der Waals surface area (Å²) in [5.41, 5.74) is 0.815. The fraction of sp³-hybridized carbons (Fsp3) is 0.636. The minimum Gasteiger partial charge on any atom is -0.490 e. The number of benzene rings is 1. The maximum Gasteiger partial charge on any atom is 0.241 e. The van der Waals surface area contributed by atoms with Gasteiger partial charge in [0.1, 0.15) is 6.54 Å². The summed E-state index contributed by atoms with van der Waals surface area (Å²) in [6.07, 6.45) is 2.60. The van der Waals surface area contributed by atoms with E-state index < -0.39 is 0 Å². The van der Waals surface area contributed by atoms with Gasteiger partial charge in [-0.1, -0.05) is 20.8 Å². The molecule has 0 atom stereocenters. The molecule has 0 saturated carbocycles. The summed E-state index contributed by atoms with van der Waals surface area (Å²) in [4.78, 5) is 16.4. The monoisotopic (exact) mass is 548 g/mol. The number of rotatable bonds is 11. The van der Waals surface area contributed by atoms with E-state index in [4.69, 9.17) is 14.2 Å². The van der Waals surface area contributed by atoms with Gasteiger partial charge < -0.3 is 30.2 Å². The van der Waals surface area contributed by atoms with Crippen LogP contribution in [0.25, 0.3) is 0 Å². The van der Waals surface area contributed by atoms with Crippen LogP contribution in [-0.2, 0) is 9.53 Å². The fourth-order valence-electron chi connectivity index (χ4n) is 2.69. The van der Waals surface area contributed by atoms with Crippen molar-refractivity contribution >= 4 is 41.5 Å². The summed E-state index contributed by atoms with van der Waals surface area (Å²) >= 11 is 0. The minimum atomic E-state index is -0.100. The van der Waals surface area contributed by atoms with Gasteiger partial charge in [-0.15, -0.1) is 24.0 Å². The number of fused-ring (bicyclic) bond motifs is 1. The van der Waals surface area contributed by atoms with Crippen molar-refractivity contribution in [1.82, 2.24) is 10.6 Å². The van der Waals surface area contributed by atoms with Gasteiger partial charge in [-0.05, 0) is 30.9 Å².